The molecule has 0 bridgehead atoms. The summed E-state index contributed by atoms with van der Waals surface area (Å²) >= 11 is 7.31. The van der Waals surface area contributed by atoms with Gasteiger partial charge in [0.2, 0.25) is 0 Å². The van der Waals surface area contributed by atoms with Crippen LogP contribution in [0.4, 0.5) is 5.13 Å². The molecule has 2 rings (SSSR count). The monoisotopic (exact) mass is 302 g/mol. The Labute approximate surface area is 122 Å². The maximum Gasteiger partial charge on any atom is 0.351 e. The zero-order valence-electron chi connectivity index (χ0n) is 11.5. The van der Waals surface area contributed by atoms with Crippen LogP contribution in [0.5, 0.6) is 0 Å². The van der Waals surface area contributed by atoms with Crippen molar-refractivity contribution in [2.75, 3.05) is 25.1 Å². The van der Waals surface area contributed by atoms with Gasteiger partial charge >= 0.3 is 5.97 Å². The van der Waals surface area contributed by atoms with Gasteiger partial charge in [0.15, 0.2) is 15.2 Å². The highest BCUT2D eigenvalue weighted by atomic mass is 35.5. The number of ether oxygens (including phenoxy) is 1. The number of anilines is 1. The van der Waals surface area contributed by atoms with Crippen molar-refractivity contribution in [3.05, 3.63) is 10.0 Å². The summed E-state index contributed by atoms with van der Waals surface area (Å²) in [6, 6.07) is 0. The molecule has 4 nitrogen and oxygen atoms in total. The van der Waals surface area contributed by atoms with Crippen LogP contribution in [0.25, 0.3) is 0 Å². The summed E-state index contributed by atoms with van der Waals surface area (Å²) in [7, 11) is 1.35. The van der Waals surface area contributed by atoms with Crippen LogP contribution < -0.4 is 4.90 Å². The fourth-order valence-electron chi connectivity index (χ4n) is 2.24. The van der Waals surface area contributed by atoms with Gasteiger partial charge in [-0.3, -0.25) is 0 Å². The lowest BCUT2D eigenvalue weighted by atomic mass is 9.78. The molecule has 0 aliphatic carbocycles. The highest BCUT2D eigenvalue weighted by Gasteiger charge is 2.30. The molecular weight excluding hydrogens is 284 g/mol. The molecule has 0 atom stereocenters. The molecule has 0 radical (unpaired) electrons. The fourth-order valence-corrected chi connectivity index (χ4v) is 3.49. The number of halogens is 1. The van der Waals surface area contributed by atoms with Crippen LogP contribution >= 0.6 is 22.9 Å². The predicted octanol–water partition coefficient (Wildman–Crippen LogP) is 3.60. The van der Waals surface area contributed by atoms with E-state index in [9.17, 15) is 4.79 Å². The largest absolute Gasteiger partial charge is 0.465 e. The third-order valence-corrected chi connectivity index (χ3v) is 5.52. The first kappa shape index (κ1) is 14.6. The first-order valence-electron chi connectivity index (χ1n) is 6.48. The van der Waals surface area contributed by atoms with E-state index in [1.807, 2.05) is 0 Å². The van der Waals surface area contributed by atoms with Crippen molar-refractivity contribution >= 4 is 34.0 Å². The molecule has 1 saturated heterocycles. The van der Waals surface area contributed by atoms with Gasteiger partial charge in [-0.05, 0) is 18.3 Å². The third-order valence-electron chi connectivity index (χ3n) is 4.04. The summed E-state index contributed by atoms with van der Waals surface area (Å²) in [5.74, 6) is -0.413. The topological polar surface area (TPSA) is 42.4 Å². The second kappa shape index (κ2) is 5.67. The second-order valence-corrected chi connectivity index (χ2v) is 6.59. The van der Waals surface area contributed by atoms with Gasteiger partial charge in [0.25, 0.3) is 0 Å². The molecule has 0 spiro atoms. The van der Waals surface area contributed by atoms with E-state index in [1.54, 1.807) is 0 Å². The Hall–Kier alpha value is -0.810. The van der Waals surface area contributed by atoms with Crippen molar-refractivity contribution in [2.45, 2.75) is 33.1 Å². The summed E-state index contributed by atoms with van der Waals surface area (Å²) in [6.07, 6.45) is 3.50. The molecule has 0 aromatic carbocycles. The van der Waals surface area contributed by atoms with Crippen LogP contribution in [0.1, 0.15) is 42.8 Å². The number of esters is 1. The molecule has 0 saturated carbocycles. The highest BCUT2D eigenvalue weighted by Crippen LogP contribution is 2.38. The molecule has 1 aliphatic heterocycles. The first-order valence-corrected chi connectivity index (χ1v) is 7.68. The summed E-state index contributed by atoms with van der Waals surface area (Å²) in [5, 5.41) is 1.07. The van der Waals surface area contributed by atoms with Crippen molar-refractivity contribution in [1.82, 2.24) is 4.98 Å². The number of carbonyl (C=O) groups excluding carboxylic acids is 1. The number of rotatable bonds is 3. The Kier molecular flexibility index (Phi) is 4.36. The number of hydrogen-bond acceptors (Lipinski definition) is 5. The molecular formula is C13H19ClN2O2S. The average Bonchev–Trinajstić information content (AvgIpc) is 2.81. The Morgan fingerprint density at radius 2 is 2.16 bits per heavy atom. The summed E-state index contributed by atoms with van der Waals surface area (Å²) < 4.78 is 4.70. The minimum atomic E-state index is -0.413. The van der Waals surface area contributed by atoms with E-state index in [4.69, 9.17) is 16.3 Å². The standard InChI is InChI=1S/C13H19ClN2O2S/c1-4-13(2)5-7-16(8-6-13)12-15-10(14)9(19-12)11(17)18-3/h4-8H2,1-3H3. The molecule has 2 heterocycles. The maximum absolute atomic E-state index is 11.5. The van der Waals surface area contributed by atoms with Crippen molar-refractivity contribution in [1.29, 1.82) is 0 Å². The molecule has 1 aromatic rings. The van der Waals surface area contributed by atoms with Gasteiger partial charge in [0, 0.05) is 13.1 Å². The fraction of sp³-hybridized carbons (Fsp3) is 0.692. The molecule has 1 fully saturated rings. The first-order chi connectivity index (χ1) is 8.99. The van der Waals surface area contributed by atoms with Crippen LogP contribution in [0.3, 0.4) is 0 Å². The van der Waals surface area contributed by atoms with Crippen LogP contribution in [0.15, 0.2) is 0 Å². The van der Waals surface area contributed by atoms with Crippen molar-refractivity contribution in [3.63, 3.8) is 0 Å². The van der Waals surface area contributed by atoms with E-state index >= 15 is 0 Å². The van der Waals surface area contributed by atoms with E-state index in [0.29, 0.717) is 10.3 Å². The van der Waals surface area contributed by atoms with E-state index in [-0.39, 0.29) is 5.15 Å². The Morgan fingerprint density at radius 3 is 2.68 bits per heavy atom. The molecule has 1 aromatic heterocycles. The van der Waals surface area contributed by atoms with Gasteiger partial charge in [0.1, 0.15) is 0 Å². The molecule has 106 valence electrons. The number of carbonyl (C=O) groups is 1. The molecule has 19 heavy (non-hydrogen) atoms. The zero-order chi connectivity index (χ0) is 14.0. The minimum Gasteiger partial charge on any atom is -0.465 e. The molecule has 0 N–H and O–H groups in total. The summed E-state index contributed by atoms with van der Waals surface area (Å²) in [4.78, 5) is 18.4. The third kappa shape index (κ3) is 3.03. The van der Waals surface area contributed by atoms with Crippen LogP contribution in [-0.4, -0.2) is 31.2 Å². The normalized spacial score (nSPS) is 18.4. The quantitative estimate of drug-likeness (QED) is 0.800. The Balaban J connectivity index is 2.10. The van der Waals surface area contributed by atoms with Crippen molar-refractivity contribution in [2.24, 2.45) is 5.41 Å². The van der Waals surface area contributed by atoms with Gasteiger partial charge in [-0.25, -0.2) is 9.78 Å². The number of hydrogen-bond donors (Lipinski definition) is 0. The van der Waals surface area contributed by atoms with Gasteiger partial charge < -0.3 is 9.64 Å². The SMILES string of the molecule is CCC1(C)CCN(c2nc(Cl)c(C(=O)OC)s2)CC1. The number of methoxy groups -OCH3 is 1. The lowest BCUT2D eigenvalue weighted by Crippen LogP contribution is -2.38. The van der Waals surface area contributed by atoms with Crippen molar-refractivity contribution < 1.29 is 9.53 Å². The number of nitrogens with zero attached hydrogens (tertiary/aromatic N) is 2. The smallest absolute Gasteiger partial charge is 0.351 e. The Bertz CT molecular complexity index is 467. The Morgan fingerprint density at radius 1 is 1.53 bits per heavy atom. The van der Waals surface area contributed by atoms with Crippen molar-refractivity contribution in [3.8, 4) is 0 Å². The number of thiazole rings is 1. The second-order valence-electron chi connectivity index (χ2n) is 5.26. The molecule has 0 amide bonds. The average molecular weight is 303 g/mol. The number of aromatic nitrogens is 1. The van der Waals surface area contributed by atoms with E-state index in [1.165, 1.54) is 24.9 Å². The molecule has 1 aliphatic rings. The predicted molar refractivity (Wildman–Crippen MR) is 78.3 cm³/mol. The lowest BCUT2D eigenvalue weighted by Gasteiger charge is -2.38. The van der Waals surface area contributed by atoms with Crippen LogP contribution in [0.2, 0.25) is 5.15 Å². The van der Waals surface area contributed by atoms with Gasteiger partial charge in [0.05, 0.1) is 7.11 Å². The maximum atomic E-state index is 11.5. The van der Waals surface area contributed by atoms with Gasteiger partial charge in [-0.1, -0.05) is 43.2 Å². The highest BCUT2D eigenvalue weighted by molar-refractivity contribution is 7.18. The summed E-state index contributed by atoms with van der Waals surface area (Å²) in [5.41, 5.74) is 0.433. The van der Waals surface area contributed by atoms with Gasteiger partial charge in [-0.2, -0.15) is 0 Å². The molecule has 0 unspecified atom stereocenters. The minimum absolute atomic E-state index is 0.246. The van der Waals surface area contributed by atoms with E-state index in [0.717, 1.165) is 31.1 Å². The summed E-state index contributed by atoms with van der Waals surface area (Å²) in [6.45, 7) is 6.51. The van der Waals surface area contributed by atoms with E-state index < -0.39 is 5.97 Å². The van der Waals surface area contributed by atoms with Crippen LogP contribution in [0, 0.1) is 5.41 Å². The number of piperidine rings is 1. The zero-order valence-corrected chi connectivity index (χ0v) is 13.1. The molecule has 6 heteroatoms. The van der Waals surface area contributed by atoms with Gasteiger partial charge in [-0.15, -0.1) is 0 Å². The van der Waals surface area contributed by atoms with E-state index in [2.05, 4.69) is 23.7 Å². The van der Waals surface area contributed by atoms with Crippen LogP contribution in [-0.2, 0) is 4.74 Å². The lowest BCUT2D eigenvalue weighted by molar-refractivity contribution is 0.0606.